The standard InChI is InChI=1S/C4H9OS/c1-3-5-6-4-2/h2-4H2,1H3. The van der Waals surface area contributed by atoms with Gasteiger partial charge in [0.1, 0.15) is 0 Å². The van der Waals surface area contributed by atoms with Gasteiger partial charge >= 0.3 is 0 Å². The molecule has 0 saturated heterocycles. The lowest BCUT2D eigenvalue weighted by atomic mass is 10.9. The van der Waals surface area contributed by atoms with Crippen LogP contribution in [0, 0.1) is 6.92 Å². The normalized spacial score (nSPS) is 9.00. The molecule has 0 aromatic rings. The van der Waals surface area contributed by atoms with Crippen molar-refractivity contribution in [3.63, 3.8) is 0 Å². The Labute approximate surface area is 43.3 Å². The maximum absolute atomic E-state index is 4.84. The van der Waals surface area contributed by atoms with Crippen molar-refractivity contribution in [1.29, 1.82) is 0 Å². The summed E-state index contributed by atoms with van der Waals surface area (Å²) in [5.41, 5.74) is 0. The van der Waals surface area contributed by atoms with Gasteiger partial charge in [0, 0.05) is 5.75 Å². The van der Waals surface area contributed by atoms with E-state index in [1.807, 2.05) is 6.92 Å². The third kappa shape index (κ3) is 4.31. The molecule has 0 amide bonds. The van der Waals surface area contributed by atoms with Crippen molar-refractivity contribution in [3.05, 3.63) is 6.92 Å². The average Bonchev–Trinajstić information content (AvgIpc) is 1.61. The van der Waals surface area contributed by atoms with Crippen molar-refractivity contribution in [2.24, 2.45) is 0 Å². The minimum atomic E-state index is 0.778. The summed E-state index contributed by atoms with van der Waals surface area (Å²) in [4.78, 5) is 0. The first-order chi connectivity index (χ1) is 2.91. The zero-order valence-corrected chi connectivity index (χ0v) is 4.75. The summed E-state index contributed by atoms with van der Waals surface area (Å²) in [5.74, 6) is 0.799. The van der Waals surface area contributed by atoms with Gasteiger partial charge in [-0.15, -0.1) is 0 Å². The van der Waals surface area contributed by atoms with Crippen LogP contribution >= 0.6 is 12.0 Å². The summed E-state index contributed by atoms with van der Waals surface area (Å²) in [6.07, 6.45) is 0. The van der Waals surface area contributed by atoms with Gasteiger partial charge in [-0.1, -0.05) is 0 Å². The van der Waals surface area contributed by atoms with Crippen LogP contribution in [0.4, 0.5) is 0 Å². The first-order valence-corrected chi connectivity index (χ1v) is 2.86. The van der Waals surface area contributed by atoms with E-state index >= 15 is 0 Å². The largest absolute Gasteiger partial charge is 0.316 e. The molecular weight excluding hydrogens is 96.1 g/mol. The Kier molecular flexibility index (Phi) is 5.58. The Morgan fingerprint density at radius 1 is 1.83 bits per heavy atom. The van der Waals surface area contributed by atoms with Gasteiger partial charge in [-0.2, -0.15) is 0 Å². The Bertz CT molecular complexity index is 19.5. The summed E-state index contributed by atoms with van der Waals surface area (Å²) >= 11 is 1.40. The van der Waals surface area contributed by atoms with Crippen molar-refractivity contribution in [2.45, 2.75) is 6.92 Å². The molecule has 0 spiro atoms. The molecule has 37 valence electrons. The molecule has 0 N–H and O–H groups in total. The fourth-order valence-electron chi connectivity index (χ4n) is 0.142. The molecule has 1 nitrogen and oxygen atoms in total. The second kappa shape index (κ2) is 5.31. The van der Waals surface area contributed by atoms with E-state index in [-0.39, 0.29) is 0 Å². The van der Waals surface area contributed by atoms with Gasteiger partial charge in [-0.25, -0.2) is 0 Å². The van der Waals surface area contributed by atoms with E-state index in [0.717, 1.165) is 12.4 Å². The fourth-order valence-corrected chi connectivity index (χ4v) is 0.427. The summed E-state index contributed by atoms with van der Waals surface area (Å²) < 4.78 is 4.84. The van der Waals surface area contributed by atoms with Crippen LogP contribution in [0.2, 0.25) is 0 Å². The average molecular weight is 105 g/mol. The molecule has 0 aliphatic carbocycles. The summed E-state index contributed by atoms with van der Waals surface area (Å²) in [6, 6.07) is 0. The maximum atomic E-state index is 4.84. The van der Waals surface area contributed by atoms with Crippen LogP contribution in [0.25, 0.3) is 0 Å². The smallest absolute Gasteiger partial charge is 0.0585 e. The Balaban J connectivity index is 2.34. The molecule has 0 aromatic carbocycles. The van der Waals surface area contributed by atoms with E-state index in [2.05, 4.69) is 6.92 Å². The molecule has 0 atom stereocenters. The highest BCUT2D eigenvalue weighted by Crippen LogP contribution is 1.97. The van der Waals surface area contributed by atoms with Crippen molar-refractivity contribution < 1.29 is 4.18 Å². The molecule has 6 heavy (non-hydrogen) atoms. The Hall–Kier alpha value is 0.310. The molecule has 0 unspecified atom stereocenters. The zero-order valence-electron chi connectivity index (χ0n) is 3.94. The van der Waals surface area contributed by atoms with Crippen LogP contribution in [-0.2, 0) is 4.18 Å². The number of hydrogen-bond acceptors (Lipinski definition) is 2. The molecule has 1 radical (unpaired) electrons. The maximum Gasteiger partial charge on any atom is 0.0585 e. The summed E-state index contributed by atoms with van der Waals surface area (Å²) in [7, 11) is 0. The monoisotopic (exact) mass is 105 g/mol. The SMILES string of the molecule is [CH2]CSOCC. The van der Waals surface area contributed by atoms with E-state index < -0.39 is 0 Å². The highest BCUT2D eigenvalue weighted by molar-refractivity contribution is 7.94. The van der Waals surface area contributed by atoms with Crippen LogP contribution in [0.5, 0.6) is 0 Å². The van der Waals surface area contributed by atoms with Gasteiger partial charge in [0.25, 0.3) is 0 Å². The van der Waals surface area contributed by atoms with E-state index in [0.29, 0.717) is 0 Å². The highest BCUT2D eigenvalue weighted by Gasteiger charge is 1.74. The van der Waals surface area contributed by atoms with Gasteiger partial charge < -0.3 is 4.18 Å². The minimum absolute atomic E-state index is 0.778. The summed E-state index contributed by atoms with van der Waals surface area (Å²) in [5, 5.41) is 0. The molecule has 0 rings (SSSR count). The minimum Gasteiger partial charge on any atom is -0.316 e. The second-order valence-corrected chi connectivity index (χ2v) is 1.61. The van der Waals surface area contributed by atoms with Gasteiger partial charge in [0.05, 0.1) is 6.61 Å². The lowest BCUT2D eigenvalue weighted by molar-refractivity contribution is 0.403. The van der Waals surface area contributed by atoms with Crippen LogP contribution < -0.4 is 0 Å². The first kappa shape index (κ1) is 6.31. The van der Waals surface area contributed by atoms with Gasteiger partial charge in [0.2, 0.25) is 0 Å². The van der Waals surface area contributed by atoms with E-state index in [4.69, 9.17) is 4.18 Å². The van der Waals surface area contributed by atoms with Crippen LogP contribution in [-0.4, -0.2) is 12.4 Å². The first-order valence-electron chi connectivity index (χ1n) is 1.95. The third-order valence-corrected chi connectivity index (χ3v) is 0.854. The van der Waals surface area contributed by atoms with Crippen LogP contribution in [0.1, 0.15) is 6.92 Å². The molecule has 0 aromatic heterocycles. The van der Waals surface area contributed by atoms with Crippen molar-refractivity contribution in [3.8, 4) is 0 Å². The second-order valence-electron chi connectivity index (χ2n) is 0.729. The molecule has 0 bridgehead atoms. The predicted octanol–water partition coefficient (Wildman–Crippen LogP) is 1.51. The van der Waals surface area contributed by atoms with Gasteiger partial charge in [-0.3, -0.25) is 0 Å². The lowest BCUT2D eigenvalue weighted by Gasteiger charge is -1.89. The predicted molar refractivity (Wildman–Crippen MR) is 29.4 cm³/mol. The molecular formula is C4H9OS. The van der Waals surface area contributed by atoms with Gasteiger partial charge in [0.15, 0.2) is 0 Å². The summed E-state index contributed by atoms with van der Waals surface area (Å²) in [6.45, 7) is 6.30. The molecule has 0 aliphatic rings. The van der Waals surface area contributed by atoms with Crippen molar-refractivity contribution in [1.82, 2.24) is 0 Å². The third-order valence-electron chi connectivity index (χ3n) is 0.285. The van der Waals surface area contributed by atoms with E-state index in [1.165, 1.54) is 12.0 Å². The van der Waals surface area contributed by atoms with Crippen molar-refractivity contribution >= 4 is 12.0 Å². The molecule has 0 heterocycles. The Morgan fingerprint density at radius 2 is 2.50 bits per heavy atom. The molecule has 0 fully saturated rings. The zero-order chi connectivity index (χ0) is 4.83. The number of hydrogen-bond donors (Lipinski definition) is 0. The van der Waals surface area contributed by atoms with Crippen molar-refractivity contribution in [2.75, 3.05) is 12.4 Å². The fraction of sp³-hybridized carbons (Fsp3) is 0.750. The molecule has 2 heteroatoms. The quantitative estimate of drug-likeness (QED) is 0.397. The topological polar surface area (TPSA) is 9.23 Å². The lowest BCUT2D eigenvalue weighted by Crippen LogP contribution is -1.75. The Morgan fingerprint density at radius 3 is 2.67 bits per heavy atom. The van der Waals surface area contributed by atoms with Crippen LogP contribution in [0.3, 0.4) is 0 Å². The van der Waals surface area contributed by atoms with Gasteiger partial charge in [-0.05, 0) is 25.9 Å². The van der Waals surface area contributed by atoms with E-state index in [1.54, 1.807) is 0 Å². The molecule has 0 saturated carbocycles. The van der Waals surface area contributed by atoms with E-state index in [9.17, 15) is 0 Å². The van der Waals surface area contributed by atoms with Crippen LogP contribution in [0.15, 0.2) is 0 Å². The highest BCUT2D eigenvalue weighted by atomic mass is 32.2. The molecule has 0 aliphatic heterocycles. The number of rotatable bonds is 3.